The summed E-state index contributed by atoms with van der Waals surface area (Å²) in [5, 5.41) is 22.7. The molecule has 0 radical (unpaired) electrons. The summed E-state index contributed by atoms with van der Waals surface area (Å²) in [4.78, 5) is 15.5. The number of carbonyl (C=O) groups excluding carboxylic acids is 1. The fourth-order valence-corrected chi connectivity index (χ4v) is 5.99. The molecule has 3 heterocycles. The van der Waals surface area contributed by atoms with Crippen molar-refractivity contribution in [2.75, 3.05) is 0 Å². The smallest absolute Gasteiger partial charge is 0.221 e. The van der Waals surface area contributed by atoms with Crippen LogP contribution in [0.15, 0.2) is 78.3 Å². The average Bonchev–Trinajstić information content (AvgIpc) is 3.43. The van der Waals surface area contributed by atoms with Crippen molar-refractivity contribution in [3.8, 4) is 12.1 Å². The number of nitriles is 2. The van der Waals surface area contributed by atoms with Crippen LogP contribution in [0, 0.1) is 28.1 Å². The van der Waals surface area contributed by atoms with Crippen LogP contribution in [-0.2, 0) is 0 Å². The largest absolute Gasteiger partial charge is 0.291 e. The summed E-state index contributed by atoms with van der Waals surface area (Å²) in [5.74, 6) is -0.554. The first-order valence-corrected chi connectivity index (χ1v) is 10.7. The van der Waals surface area contributed by atoms with Crippen LogP contribution >= 0.6 is 11.3 Å². The molecule has 0 saturated carbocycles. The highest BCUT2D eigenvalue weighted by molar-refractivity contribution is 7.10. The Labute approximate surface area is 178 Å². The van der Waals surface area contributed by atoms with Crippen molar-refractivity contribution in [2.24, 2.45) is 5.41 Å². The van der Waals surface area contributed by atoms with Gasteiger partial charge in [-0.2, -0.15) is 10.5 Å². The minimum absolute atomic E-state index is 0.0367. The first-order chi connectivity index (χ1) is 14.7. The van der Waals surface area contributed by atoms with Crippen LogP contribution < -0.4 is 4.90 Å². The van der Waals surface area contributed by atoms with E-state index in [9.17, 15) is 15.3 Å². The standard InChI is InChI=1S/C25H17N3OS/c26-15-25(16-27)21(20-11-6-14-30-20)22(23(29)18-8-2-1-3-9-18)28-13-12-17-7-4-5-10-19(17)24(25)28/h1-14,21-22,24H/p+1/t21-,22+,24-/m0/s1. The van der Waals surface area contributed by atoms with Gasteiger partial charge >= 0.3 is 0 Å². The van der Waals surface area contributed by atoms with Crippen molar-refractivity contribution in [1.82, 2.24) is 0 Å². The predicted molar refractivity (Wildman–Crippen MR) is 114 cm³/mol. The third-order valence-electron chi connectivity index (χ3n) is 6.29. The van der Waals surface area contributed by atoms with E-state index in [0.29, 0.717) is 5.56 Å². The molecule has 1 aromatic heterocycles. The molecule has 0 aliphatic carbocycles. The number of nitrogens with one attached hydrogen (secondary N) is 1. The van der Waals surface area contributed by atoms with Crippen molar-refractivity contribution in [3.05, 3.63) is 99.9 Å². The molecule has 2 aliphatic rings. The summed E-state index contributed by atoms with van der Waals surface area (Å²) in [6, 6.07) is 24.7. The van der Waals surface area contributed by atoms with Crippen LogP contribution in [0.1, 0.15) is 38.3 Å². The van der Waals surface area contributed by atoms with E-state index < -0.39 is 23.4 Å². The Balaban J connectivity index is 1.77. The van der Waals surface area contributed by atoms with Gasteiger partial charge in [0.05, 0.1) is 24.3 Å². The van der Waals surface area contributed by atoms with Gasteiger partial charge in [-0.05, 0) is 23.1 Å². The number of carbonyl (C=O) groups is 1. The second-order valence-electron chi connectivity index (χ2n) is 7.69. The lowest BCUT2D eigenvalue weighted by Gasteiger charge is -2.29. The van der Waals surface area contributed by atoms with Gasteiger partial charge in [-0.3, -0.25) is 9.69 Å². The highest BCUT2D eigenvalue weighted by Crippen LogP contribution is 2.52. The number of nitrogens with zero attached hydrogens (tertiary/aromatic N) is 2. The van der Waals surface area contributed by atoms with Gasteiger partial charge in [0, 0.05) is 16.0 Å². The maximum absolute atomic E-state index is 13.8. The van der Waals surface area contributed by atoms with Crippen molar-refractivity contribution in [1.29, 1.82) is 10.5 Å². The lowest BCUT2D eigenvalue weighted by atomic mass is 9.69. The highest BCUT2D eigenvalue weighted by atomic mass is 32.1. The summed E-state index contributed by atoms with van der Waals surface area (Å²) in [6.45, 7) is 0. The Hall–Kier alpha value is -3.51. The molecule has 3 aromatic rings. The van der Waals surface area contributed by atoms with Crippen molar-refractivity contribution < 1.29 is 9.69 Å². The average molecular weight is 409 g/mol. The van der Waals surface area contributed by atoms with E-state index in [1.54, 1.807) is 0 Å². The molecular weight excluding hydrogens is 390 g/mol. The van der Waals surface area contributed by atoms with Gasteiger partial charge in [0.15, 0.2) is 12.1 Å². The Kier molecular flexibility index (Phi) is 4.37. The zero-order chi connectivity index (χ0) is 20.7. The summed E-state index contributed by atoms with van der Waals surface area (Å²) >= 11 is 1.50. The van der Waals surface area contributed by atoms with E-state index >= 15 is 0 Å². The number of quaternary nitrogens is 1. The van der Waals surface area contributed by atoms with Crippen LogP contribution in [0.2, 0.25) is 0 Å². The first-order valence-electron chi connectivity index (χ1n) is 9.80. The molecule has 0 amide bonds. The number of thiophene rings is 1. The number of benzene rings is 2. The van der Waals surface area contributed by atoms with Gasteiger partial charge in [0.25, 0.3) is 0 Å². The SMILES string of the molecule is N#CC1(C#N)[C@@H]2c3ccccc3C=C[NH+]2[C@@H](C(=O)c2ccccc2)[C@@H]1c1cccs1. The maximum atomic E-state index is 13.8. The molecule has 1 fully saturated rings. The van der Waals surface area contributed by atoms with Crippen molar-refractivity contribution in [3.63, 3.8) is 0 Å². The Morgan fingerprint density at radius 3 is 2.40 bits per heavy atom. The molecule has 4 atom stereocenters. The first kappa shape index (κ1) is 18.5. The minimum atomic E-state index is -1.35. The molecule has 1 N–H and O–H groups in total. The van der Waals surface area contributed by atoms with Crippen LogP contribution in [0.3, 0.4) is 0 Å². The topological polar surface area (TPSA) is 69.1 Å². The lowest BCUT2D eigenvalue weighted by molar-refractivity contribution is -0.885. The van der Waals surface area contributed by atoms with E-state index in [2.05, 4.69) is 12.1 Å². The number of Topliss-reactive ketones (excluding diaryl/α,β-unsaturated/α-hetero) is 1. The predicted octanol–water partition coefficient (Wildman–Crippen LogP) is 3.74. The monoisotopic (exact) mass is 408 g/mol. The Bertz CT molecular complexity index is 1200. The molecule has 144 valence electrons. The third-order valence-corrected chi connectivity index (χ3v) is 7.25. The van der Waals surface area contributed by atoms with Gasteiger partial charge in [0.2, 0.25) is 11.2 Å². The van der Waals surface area contributed by atoms with Gasteiger partial charge in [0.1, 0.15) is 0 Å². The maximum Gasteiger partial charge on any atom is 0.221 e. The molecule has 5 heteroatoms. The number of fused-ring (bicyclic) bond motifs is 3. The second kappa shape index (κ2) is 7.07. The zero-order valence-electron chi connectivity index (χ0n) is 16.0. The molecule has 1 unspecified atom stereocenters. The van der Waals surface area contributed by atoms with E-state index in [4.69, 9.17) is 0 Å². The van der Waals surface area contributed by atoms with Crippen LogP contribution in [0.4, 0.5) is 0 Å². The van der Waals surface area contributed by atoms with Crippen LogP contribution in [-0.4, -0.2) is 11.8 Å². The van der Waals surface area contributed by atoms with Gasteiger partial charge in [-0.15, -0.1) is 11.3 Å². The molecular formula is C25H18N3OS+. The minimum Gasteiger partial charge on any atom is -0.291 e. The number of hydrogen-bond donors (Lipinski definition) is 1. The quantitative estimate of drug-likeness (QED) is 0.671. The molecule has 0 spiro atoms. The molecule has 30 heavy (non-hydrogen) atoms. The third kappa shape index (κ3) is 2.50. The van der Waals surface area contributed by atoms with Gasteiger partial charge < -0.3 is 0 Å². The normalized spacial score (nSPS) is 25.5. The Morgan fingerprint density at radius 1 is 0.967 bits per heavy atom. The highest BCUT2D eigenvalue weighted by Gasteiger charge is 2.68. The van der Waals surface area contributed by atoms with Crippen molar-refractivity contribution in [2.45, 2.75) is 18.0 Å². The van der Waals surface area contributed by atoms with E-state index in [1.807, 2.05) is 84.4 Å². The fraction of sp³-hybridized carbons (Fsp3) is 0.160. The fourth-order valence-electron chi connectivity index (χ4n) is 5.05. The zero-order valence-corrected chi connectivity index (χ0v) is 16.8. The number of hydrogen-bond acceptors (Lipinski definition) is 4. The second-order valence-corrected chi connectivity index (χ2v) is 8.67. The molecule has 2 aliphatic heterocycles. The Morgan fingerprint density at radius 2 is 1.70 bits per heavy atom. The number of rotatable bonds is 3. The van der Waals surface area contributed by atoms with Gasteiger partial charge in [-0.25, -0.2) is 0 Å². The lowest BCUT2D eigenvalue weighted by Crippen LogP contribution is -3.11. The summed E-state index contributed by atoms with van der Waals surface area (Å²) in [7, 11) is 0. The van der Waals surface area contributed by atoms with Crippen LogP contribution in [0.5, 0.6) is 0 Å². The number of ketones is 1. The molecule has 5 rings (SSSR count). The summed E-state index contributed by atoms with van der Waals surface area (Å²) in [5.41, 5.74) is 1.20. The van der Waals surface area contributed by atoms with E-state index in [-0.39, 0.29) is 5.78 Å². The summed E-state index contributed by atoms with van der Waals surface area (Å²) in [6.07, 6.45) is 3.97. The van der Waals surface area contributed by atoms with E-state index in [0.717, 1.165) is 20.9 Å². The molecule has 0 bridgehead atoms. The van der Waals surface area contributed by atoms with E-state index in [1.165, 1.54) is 11.3 Å². The molecule has 2 aromatic carbocycles. The summed E-state index contributed by atoms with van der Waals surface area (Å²) < 4.78 is 0. The van der Waals surface area contributed by atoms with Gasteiger partial charge in [-0.1, -0.05) is 60.7 Å². The van der Waals surface area contributed by atoms with Crippen LogP contribution in [0.25, 0.3) is 6.08 Å². The van der Waals surface area contributed by atoms with Crippen molar-refractivity contribution >= 4 is 23.2 Å². The molecule has 4 nitrogen and oxygen atoms in total. The molecule has 1 saturated heterocycles.